The van der Waals surface area contributed by atoms with E-state index in [2.05, 4.69) is 0 Å². The van der Waals surface area contributed by atoms with Crippen molar-refractivity contribution < 1.29 is 9.53 Å². The Bertz CT molecular complexity index is 612. The highest BCUT2D eigenvalue weighted by Gasteiger charge is 2.05. The van der Waals surface area contributed by atoms with E-state index in [-0.39, 0.29) is 12.2 Å². The topological polar surface area (TPSA) is 50.1 Å². The maximum absolute atomic E-state index is 11.5. The zero-order valence-electron chi connectivity index (χ0n) is 9.97. The number of nitrogens with zero attached hydrogens (tertiary/aromatic N) is 1. The van der Waals surface area contributed by atoms with E-state index in [9.17, 15) is 4.79 Å². The van der Waals surface area contributed by atoms with E-state index < -0.39 is 0 Å². The molecule has 3 nitrogen and oxygen atoms in total. The van der Waals surface area contributed by atoms with Crippen molar-refractivity contribution in [1.82, 2.24) is 0 Å². The van der Waals surface area contributed by atoms with Gasteiger partial charge in [-0.1, -0.05) is 11.6 Å². The molecule has 0 heterocycles. The van der Waals surface area contributed by atoms with E-state index in [1.807, 2.05) is 6.07 Å². The third-order valence-corrected chi connectivity index (χ3v) is 2.72. The lowest BCUT2D eigenvalue weighted by atomic mass is 10.1. The molecule has 0 bridgehead atoms. The highest BCUT2D eigenvalue weighted by molar-refractivity contribution is 6.30. The van der Waals surface area contributed by atoms with E-state index in [1.54, 1.807) is 48.5 Å². The zero-order chi connectivity index (χ0) is 13.7. The highest BCUT2D eigenvalue weighted by atomic mass is 35.5. The smallest absolute Gasteiger partial charge is 0.176 e. The van der Waals surface area contributed by atoms with Crippen molar-refractivity contribution in [1.29, 1.82) is 5.26 Å². The molecule has 0 amide bonds. The molecule has 2 aromatic carbocycles. The number of rotatable bonds is 4. The summed E-state index contributed by atoms with van der Waals surface area (Å²) in [5.74, 6) is 1.09. The number of carbonyl (C=O) groups is 1. The first-order valence-electron chi connectivity index (χ1n) is 5.62. The van der Waals surface area contributed by atoms with Gasteiger partial charge >= 0.3 is 0 Å². The number of ether oxygens (including phenoxy) is 1. The summed E-state index contributed by atoms with van der Waals surface area (Å²) in [6.45, 7) is 0. The molecular formula is C15H10ClNO2. The van der Waals surface area contributed by atoms with Gasteiger partial charge < -0.3 is 4.74 Å². The minimum atomic E-state index is -0.194. The van der Waals surface area contributed by atoms with E-state index >= 15 is 0 Å². The quantitative estimate of drug-likeness (QED) is 0.782. The summed E-state index contributed by atoms with van der Waals surface area (Å²) in [4.78, 5) is 11.5. The van der Waals surface area contributed by atoms with Gasteiger partial charge in [0.1, 0.15) is 11.5 Å². The summed E-state index contributed by atoms with van der Waals surface area (Å²) in [6, 6.07) is 15.5. The van der Waals surface area contributed by atoms with Crippen LogP contribution >= 0.6 is 11.6 Å². The first-order valence-corrected chi connectivity index (χ1v) is 6.00. The minimum absolute atomic E-state index is 0.114. The van der Waals surface area contributed by atoms with Crippen LogP contribution in [0, 0.1) is 11.3 Å². The number of halogens is 1. The number of ketones is 1. The molecule has 0 fully saturated rings. The zero-order valence-corrected chi connectivity index (χ0v) is 10.7. The molecule has 0 saturated heterocycles. The van der Waals surface area contributed by atoms with Crippen molar-refractivity contribution in [3.05, 3.63) is 59.1 Å². The average Bonchev–Trinajstić information content (AvgIpc) is 2.42. The molecule has 0 spiro atoms. The Hall–Kier alpha value is -2.31. The summed E-state index contributed by atoms with van der Waals surface area (Å²) in [7, 11) is 0. The predicted molar refractivity (Wildman–Crippen MR) is 72.5 cm³/mol. The third kappa shape index (κ3) is 3.57. The first-order chi connectivity index (χ1) is 9.19. The fourth-order valence-electron chi connectivity index (χ4n) is 1.52. The van der Waals surface area contributed by atoms with E-state index in [0.717, 1.165) is 0 Å². The standard InChI is InChI=1S/C15H10ClNO2/c16-12-3-7-14(8-4-12)19-13-5-1-11(2-6-13)15(18)9-10-17/h1-8H,9H2. The Morgan fingerprint density at radius 2 is 1.58 bits per heavy atom. The molecule has 0 atom stereocenters. The van der Waals surface area contributed by atoms with Gasteiger partial charge in [-0.15, -0.1) is 0 Å². The van der Waals surface area contributed by atoms with Crippen LogP contribution in [0.15, 0.2) is 48.5 Å². The van der Waals surface area contributed by atoms with E-state index in [4.69, 9.17) is 21.6 Å². The van der Waals surface area contributed by atoms with Gasteiger partial charge in [0.15, 0.2) is 5.78 Å². The molecule has 0 saturated carbocycles. The second kappa shape index (κ2) is 6.03. The first kappa shape index (κ1) is 13.1. The van der Waals surface area contributed by atoms with Crippen molar-refractivity contribution in [2.75, 3.05) is 0 Å². The van der Waals surface area contributed by atoms with Crippen molar-refractivity contribution in [3.8, 4) is 17.6 Å². The van der Waals surface area contributed by atoms with Crippen LogP contribution in [0.25, 0.3) is 0 Å². The number of Topliss-reactive ketones (excluding diaryl/α,β-unsaturated/α-hetero) is 1. The van der Waals surface area contributed by atoms with Crippen LogP contribution in [0.5, 0.6) is 11.5 Å². The number of carbonyl (C=O) groups excluding carboxylic acids is 1. The summed E-state index contributed by atoms with van der Waals surface area (Å²) >= 11 is 5.78. The number of hydrogen-bond acceptors (Lipinski definition) is 3. The Balaban J connectivity index is 2.09. The molecule has 0 aromatic heterocycles. The highest BCUT2D eigenvalue weighted by Crippen LogP contribution is 2.23. The van der Waals surface area contributed by atoms with Crippen LogP contribution in [0.4, 0.5) is 0 Å². The second-order valence-corrected chi connectivity index (χ2v) is 4.27. The number of benzene rings is 2. The minimum Gasteiger partial charge on any atom is -0.457 e. The molecule has 4 heteroatoms. The Kier molecular flexibility index (Phi) is 4.17. The fraction of sp³-hybridized carbons (Fsp3) is 0.0667. The number of nitriles is 1. The van der Waals surface area contributed by atoms with Gasteiger partial charge in [-0.25, -0.2) is 0 Å². The van der Waals surface area contributed by atoms with Crippen LogP contribution < -0.4 is 4.74 Å². The Morgan fingerprint density at radius 1 is 1.05 bits per heavy atom. The monoisotopic (exact) mass is 271 g/mol. The van der Waals surface area contributed by atoms with Crippen molar-refractivity contribution in [2.45, 2.75) is 6.42 Å². The normalized spacial score (nSPS) is 9.68. The average molecular weight is 272 g/mol. The SMILES string of the molecule is N#CCC(=O)c1ccc(Oc2ccc(Cl)cc2)cc1. The summed E-state index contributed by atoms with van der Waals surface area (Å²) < 4.78 is 5.59. The molecular weight excluding hydrogens is 262 g/mol. The predicted octanol–water partition coefficient (Wildman–Crippen LogP) is 4.23. The molecule has 0 unspecified atom stereocenters. The lowest BCUT2D eigenvalue weighted by Crippen LogP contribution is -1.96. The molecule has 0 aliphatic rings. The largest absolute Gasteiger partial charge is 0.457 e. The summed E-state index contributed by atoms with van der Waals surface area (Å²) in [5, 5.41) is 9.11. The van der Waals surface area contributed by atoms with Crippen molar-refractivity contribution in [3.63, 3.8) is 0 Å². The van der Waals surface area contributed by atoms with Gasteiger partial charge in [0.2, 0.25) is 0 Å². The van der Waals surface area contributed by atoms with Crippen molar-refractivity contribution in [2.24, 2.45) is 0 Å². The molecule has 0 aliphatic carbocycles. The van der Waals surface area contributed by atoms with Gasteiger partial charge in [-0.3, -0.25) is 4.79 Å². The van der Waals surface area contributed by atoms with Crippen LogP contribution in [-0.2, 0) is 0 Å². The molecule has 2 rings (SSSR count). The van der Waals surface area contributed by atoms with Gasteiger partial charge in [0, 0.05) is 10.6 Å². The Morgan fingerprint density at radius 3 is 2.11 bits per heavy atom. The Labute approximate surface area is 116 Å². The van der Waals surface area contributed by atoms with Crippen LogP contribution in [0.3, 0.4) is 0 Å². The molecule has 19 heavy (non-hydrogen) atoms. The van der Waals surface area contributed by atoms with Crippen molar-refractivity contribution >= 4 is 17.4 Å². The molecule has 0 aliphatic heterocycles. The van der Waals surface area contributed by atoms with Crippen LogP contribution in [0.2, 0.25) is 5.02 Å². The molecule has 2 aromatic rings. The number of hydrogen-bond donors (Lipinski definition) is 0. The molecule has 0 radical (unpaired) electrons. The third-order valence-electron chi connectivity index (χ3n) is 2.47. The second-order valence-electron chi connectivity index (χ2n) is 3.84. The van der Waals surface area contributed by atoms with Crippen LogP contribution in [0.1, 0.15) is 16.8 Å². The molecule has 0 N–H and O–H groups in total. The van der Waals surface area contributed by atoms with Gasteiger partial charge in [0.25, 0.3) is 0 Å². The maximum atomic E-state index is 11.5. The lowest BCUT2D eigenvalue weighted by Gasteiger charge is -2.06. The van der Waals surface area contributed by atoms with Crippen LogP contribution in [-0.4, -0.2) is 5.78 Å². The summed E-state index contributed by atoms with van der Waals surface area (Å²) in [6.07, 6.45) is -0.114. The van der Waals surface area contributed by atoms with Gasteiger partial charge in [-0.05, 0) is 48.5 Å². The maximum Gasteiger partial charge on any atom is 0.176 e. The fourth-order valence-corrected chi connectivity index (χ4v) is 1.65. The van der Waals surface area contributed by atoms with Gasteiger partial charge in [-0.2, -0.15) is 5.26 Å². The summed E-state index contributed by atoms with van der Waals surface area (Å²) in [5.41, 5.74) is 0.505. The lowest BCUT2D eigenvalue weighted by molar-refractivity contribution is 0.0997. The van der Waals surface area contributed by atoms with Gasteiger partial charge in [0.05, 0.1) is 12.5 Å². The molecule has 94 valence electrons. The van der Waals surface area contributed by atoms with E-state index in [1.165, 1.54) is 0 Å². The van der Waals surface area contributed by atoms with E-state index in [0.29, 0.717) is 22.1 Å².